The van der Waals surface area contributed by atoms with Crippen LogP contribution in [0.15, 0.2) is 30.3 Å². The third-order valence-corrected chi connectivity index (χ3v) is 3.68. The van der Waals surface area contributed by atoms with Gasteiger partial charge in [0.1, 0.15) is 6.29 Å². The SMILES string of the molecule is O=CCCP(=O)(O)c1ccccc1. The molecule has 0 saturated heterocycles. The second kappa shape index (κ2) is 4.35. The van der Waals surface area contributed by atoms with Crippen molar-refractivity contribution < 1.29 is 14.3 Å². The van der Waals surface area contributed by atoms with Crippen molar-refractivity contribution in [2.45, 2.75) is 6.42 Å². The van der Waals surface area contributed by atoms with E-state index in [0.717, 1.165) is 0 Å². The molecule has 0 aliphatic carbocycles. The van der Waals surface area contributed by atoms with Gasteiger partial charge in [-0.05, 0) is 12.1 Å². The van der Waals surface area contributed by atoms with E-state index in [1.165, 1.54) is 0 Å². The molecule has 70 valence electrons. The van der Waals surface area contributed by atoms with Crippen molar-refractivity contribution in [1.29, 1.82) is 0 Å². The molecule has 1 N–H and O–H groups in total. The first-order valence-corrected chi connectivity index (χ1v) is 5.82. The van der Waals surface area contributed by atoms with E-state index in [2.05, 4.69) is 0 Å². The number of carbonyl (C=O) groups is 1. The van der Waals surface area contributed by atoms with Crippen LogP contribution in [0.25, 0.3) is 0 Å². The second-order valence-electron chi connectivity index (χ2n) is 2.72. The lowest BCUT2D eigenvalue weighted by molar-refractivity contribution is -0.107. The molecule has 1 unspecified atom stereocenters. The highest BCUT2D eigenvalue weighted by Crippen LogP contribution is 2.39. The molecule has 0 aliphatic heterocycles. The highest BCUT2D eigenvalue weighted by atomic mass is 31.2. The molecule has 1 rings (SSSR count). The third-order valence-electron chi connectivity index (χ3n) is 1.71. The van der Waals surface area contributed by atoms with Gasteiger partial charge in [0.2, 0.25) is 7.37 Å². The average Bonchev–Trinajstić information content (AvgIpc) is 2.16. The van der Waals surface area contributed by atoms with E-state index in [0.29, 0.717) is 11.6 Å². The highest BCUT2D eigenvalue weighted by Gasteiger charge is 2.19. The van der Waals surface area contributed by atoms with Crippen molar-refractivity contribution in [2.75, 3.05) is 6.16 Å². The molecule has 13 heavy (non-hydrogen) atoms. The number of aldehydes is 1. The van der Waals surface area contributed by atoms with Gasteiger partial charge in [-0.1, -0.05) is 18.2 Å². The van der Waals surface area contributed by atoms with Gasteiger partial charge in [-0.2, -0.15) is 0 Å². The van der Waals surface area contributed by atoms with E-state index >= 15 is 0 Å². The van der Waals surface area contributed by atoms with E-state index in [1.807, 2.05) is 0 Å². The predicted molar refractivity (Wildman–Crippen MR) is 51.4 cm³/mol. The summed E-state index contributed by atoms with van der Waals surface area (Å²) in [7, 11) is -3.29. The van der Waals surface area contributed by atoms with Gasteiger partial charge in [-0.3, -0.25) is 4.57 Å². The minimum Gasteiger partial charge on any atom is -0.341 e. The Morgan fingerprint density at radius 3 is 2.46 bits per heavy atom. The topological polar surface area (TPSA) is 54.4 Å². The molecule has 1 aromatic rings. The molecule has 0 aliphatic rings. The number of benzene rings is 1. The van der Waals surface area contributed by atoms with Gasteiger partial charge >= 0.3 is 0 Å². The molecule has 0 heterocycles. The van der Waals surface area contributed by atoms with E-state index < -0.39 is 7.37 Å². The van der Waals surface area contributed by atoms with Crippen LogP contribution in [-0.4, -0.2) is 17.3 Å². The van der Waals surface area contributed by atoms with Crippen LogP contribution in [-0.2, 0) is 9.36 Å². The van der Waals surface area contributed by atoms with Gasteiger partial charge < -0.3 is 9.69 Å². The minimum atomic E-state index is -3.29. The zero-order chi connectivity index (χ0) is 9.73. The quantitative estimate of drug-likeness (QED) is 0.583. The van der Waals surface area contributed by atoms with Gasteiger partial charge in [0, 0.05) is 17.9 Å². The lowest BCUT2D eigenvalue weighted by atomic mass is 10.4. The largest absolute Gasteiger partial charge is 0.341 e. The van der Waals surface area contributed by atoms with Gasteiger partial charge in [-0.25, -0.2) is 0 Å². The fourth-order valence-electron chi connectivity index (χ4n) is 1.02. The normalized spacial score (nSPS) is 14.8. The maximum atomic E-state index is 11.6. The number of hydrogen-bond donors (Lipinski definition) is 1. The van der Waals surface area contributed by atoms with Gasteiger partial charge in [0.25, 0.3) is 0 Å². The summed E-state index contributed by atoms with van der Waals surface area (Å²) in [6.45, 7) is 0. The summed E-state index contributed by atoms with van der Waals surface area (Å²) in [4.78, 5) is 19.6. The molecular weight excluding hydrogens is 187 g/mol. The molecule has 3 nitrogen and oxygen atoms in total. The maximum absolute atomic E-state index is 11.6. The zero-order valence-electron chi connectivity index (χ0n) is 7.09. The van der Waals surface area contributed by atoms with Gasteiger partial charge in [0.05, 0.1) is 0 Å². The van der Waals surface area contributed by atoms with E-state index in [1.54, 1.807) is 30.3 Å². The third kappa shape index (κ3) is 2.79. The average molecular weight is 198 g/mol. The molecule has 0 spiro atoms. The number of carbonyl (C=O) groups excluding carboxylic acids is 1. The van der Waals surface area contributed by atoms with Gasteiger partial charge in [0.15, 0.2) is 0 Å². The first-order chi connectivity index (χ1) is 6.17. The van der Waals surface area contributed by atoms with Crippen LogP contribution in [0.3, 0.4) is 0 Å². The van der Waals surface area contributed by atoms with Crippen LogP contribution in [0, 0.1) is 0 Å². The first kappa shape index (κ1) is 10.2. The Kier molecular flexibility index (Phi) is 3.40. The summed E-state index contributed by atoms with van der Waals surface area (Å²) in [5.41, 5.74) is 0. The lowest BCUT2D eigenvalue weighted by Gasteiger charge is -2.08. The van der Waals surface area contributed by atoms with Crippen LogP contribution in [0.5, 0.6) is 0 Å². The Hall–Kier alpha value is -0.920. The van der Waals surface area contributed by atoms with Crippen molar-refractivity contribution in [1.82, 2.24) is 0 Å². The molecule has 0 aromatic heterocycles. The molecule has 0 amide bonds. The zero-order valence-corrected chi connectivity index (χ0v) is 7.98. The van der Waals surface area contributed by atoms with Gasteiger partial charge in [-0.15, -0.1) is 0 Å². The number of hydrogen-bond acceptors (Lipinski definition) is 2. The minimum absolute atomic E-state index is 0.0283. The maximum Gasteiger partial charge on any atom is 0.230 e. The smallest absolute Gasteiger partial charge is 0.230 e. The van der Waals surface area contributed by atoms with E-state index in [9.17, 15) is 14.3 Å². The Morgan fingerprint density at radius 1 is 1.31 bits per heavy atom. The molecule has 0 fully saturated rings. The summed E-state index contributed by atoms with van der Waals surface area (Å²) in [6.07, 6.45) is 0.814. The number of rotatable bonds is 4. The monoisotopic (exact) mass is 198 g/mol. The van der Waals surface area contributed by atoms with Crippen molar-refractivity contribution in [2.24, 2.45) is 0 Å². The van der Waals surface area contributed by atoms with Crippen molar-refractivity contribution >= 4 is 19.0 Å². The predicted octanol–water partition coefficient (Wildman–Crippen LogP) is 1.17. The van der Waals surface area contributed by atoms with Crippen LogP contribution in [0.1, 0.15) is 6.42 Å². The van der Waals surface area contributed by atoms with E-state index in [-0.39, 0.29) is 12.6 Å². The summed E-state index contributed by atoms with van der Waals surface area (Å²) in [6, 6.07) is 8.40. The summed E-state index contributed by atoms with van der Waals surface area (Å²) < 4.78 is 11.6. The standard InChI is InChI=1S/C9H11O3P/c10-7-4-8-13(11,12)9-5-2-1-3-6-9/h1-3,5-7H,4,8H2,(H,11,12). The summed E-state index contributed by atoms with van der Waals surface area (Å²) in [5, 5.41) is 0.414. The van der Waals surface area contributed by atoms with Crippen LogP contribution >= 0.6 is 7.37 Å². The van der Waals surface area contributed by atoms with Crippen LogP contribution in [0.2, 0.25) is 0 Å². The van der Waals surface area contributed by atoms with Crippen LogP contribution in [0.4, 0.5) is 0 Å². The summed E-state index contributed by atoms with van der Waals surface area (Å²) >= 11 is 0. The fourth-order valence-corrected chi connectivity index (χ4v) is 2.37. The molecule has 0 saturated carbocycles. The molecular formula is C9H11O3P. The first-order valence-electron chi connectivity index (χ1n) is 3.98. The van der Waals surface area contributed by atoms with Crippen molar-refractivity contribution in [3.8, 4) is 0 Å². The summed E-state index contributed by atoms with van der Waals surface area (Å²) in [5.74, 6) is 0. The lowest BCUT2D eigenvalue weighted by Crippen LogP contribution is -2.06. The Balaban J connectivity index is 2.81. The molecule has 0 radical (unpaired) electrons. The Labute approximate surface area is 76.9 Å². The van der Waals surface area contributed by atoms with Crippen molar-refractivity contribution in [3.05, 3.63) is 30.3 Å². The molecule has 1 atom stereocenters. The molecule has 4 heteroatoms. The fraction of sp³-hybridized carbons (Fsp3) is 0.222. The van der Waals surface area contributed by atoms with E-state index in [4.69, 9.17) is 0 Å². The Bertz CT molecular complexity index is 321. The molecule has 0 bridgehead atoms. The molecule has 1 aromatic carbocycles. The van der Waals surface area contributed by atoms with Crippen molar-refractivity contribution in [3.63, 3.8) is 0 Å². The highest BCUT2D eigenvalue weighted by molar-refractivity contribution is 7.66. The Morgan fingerprint density at radius 2 is 1.92 bits per heavy atom. The second-order valence-corrected chi connectivity index (χ2v) is 5.08. The van der Waals surface area contributed by atoms with Crippen LogP contribution < -0.4 is 5.30 Å².